The first kappa shape index (κ1) is 5.89. The highest BCUT2D eigenvalue weighted by molar-refractivity contribution is 4.91. The zero-order chi connectivity index (χ0) is 6.81. The van der Waals surface area contributed by atoms with Crippen LogP contribution in [0, 0.1) is 6.33 Å². The highest BCUT2D eigenvalue weighted by Crippen LogP contribution is 2.32. The monoisotopic (exact) mass is 137 g/mol. The summed E-state index contributed by atoms with van der Waals surface area (Å²) in [6.07, 6.45) is 7.45. The van der Waals surface area contributed by atoms with Crippen molar-refractivity contribution in [1.29, 1.82) is 0 Å². The van der Waals surface area contributed by atoms with Crippen molar-refractivity contribution in [2.45, 2.75) is 31.6 Å². The van der Waals surface area contributed by atoms with Crippen molar-refractivity contribution >= 4 is 0 Å². The largest absolute Gasteiger partial charge is 0.339 e. The minimum Gasteiger partial charge on any atom is -0.339 e. The molecular formula is C7H9N2O. The van der Waals surface area contributed by atoms with Gasteiger partial charge < -0.3 is 4.52 Å². The maximum absolute atomic E-state index is 4.90. The molecule has 0 aliphatic heterocycles. The van der Waals surface area contributed by atoms with Crippen molar-refractivity contribution in [2.24, 2.45) is 0 Å². The van der Waals surface area contributed by atoms with Gasteiger partial charge >= 0.3 is 0 Å². The Labute approximate surface area is 59.4 Å². The number of aromatic nitrogens is 2. The Balaban J connectivity index is 2.12. The maximum Gasteiger partial charge on any atom is 0.243 e. The van der Waals surface area contributed by atoms with Crippen LogP contribution in [0.25, 0.3) is 0 Å². The standard InChI is InChI=1S/C7H9N2O/c1-2-4-6(3-1)7-8-5-9-10-7/h6H,1-4H2. The third kappa shape index (κ3) is 0.916. The fourth-order valence-electron chi connectivity index (χ4n) is 1.50. The molecular weight excluding hydrogens is 128 g/mol. The second-order valence-corrected chi connectivity index (χ2v) is 2.71. The molecule has 1 aliphatic rings. The molecule has 1 aliphatic carbocycles. The molecule has 0 N–H and O–H groups in total. The summed E-state index contributed by atoms with van der Waals surface area (Å²) in [5.74, 6) is 1.30. The molecule has 10 heavy (non-hydrogen) atoms. The Kier molecular flexibility index (Phi) is 1.42. The number of nitrogens with zero attached hydrogens (tertiary/aromatic N) is 2. The van der Waals surface area contributed by atoms with E-state index in [1.807, 2.05) is 0 Å². The van der Waals surface area contributed by atoms with E-state index in [4.69, 9.17) is 4.52 Å². The summed E-state index contributed by atoms with van der Waals surface area (Å²) in [7, 11) is 0. The van der Waals surface area contributed by atoms with Crippen molar-refractivity contribution in [3.63, 3.8) is 0 Å². The van der Waals surface area contributed by atoms with Crippen molar-refractivity contribution in [2.75, 3.05) is 0 Å². The topological polar surface area (TPSA) is 38.9 Å². The van der Waals surface area contributed by atoms with Crippen LogP contribution in [0.4, 0.5) is 0 Å². The zero-order valence-corrected chi connectivity index (χ0v) is 5.71. The van der Waals surface area contributed by atoms with E-state index in [2.05, 4.69) is 16.5 Å². The average molecular weight is 137 g/mol. The van der Waals surface area contributed by atoms with E-state index in [1.54, 1.807) is 0 Å². The van der Waals surface area contributed by atoms with Gasteiger partial charge in [0.1, 0.15) is 0 Å². The van der Waals surface area contributed by atoms with Crippen LogP contribution in [0.2, 0.25) is 0 Å². The predicted molar refractivity (Wildman–Crippen MR) is 34.3 cm³/mol. The van der Waals surface area contributed by atoms with Gasteiger partial charge in [-0.2, -0.15) is 4.98 Å². The van der Waals surface area contributed by atoms with Crippen LogP contribution in [0.1, 0.15) is 37.5 Å². The summed E-state index contributed by atoms with van der Waals surface area (Å²) in [4.78, 5) is 3.90. The van der Waals surface area contributed by atoms with Crippen molar-refractivity contribution in [1.82, 2.24) is 10.1 Å². The lowest BCUT2D eigenvalue weighted by Crippen LogP contribution is -1.90. The number of rotatable bonds is 1. The van der Waals surface area contributed by atoms with Gasteiger partial charge in [0.15, 0.2) is 0 Å². The number of hydrogen-bond acceptors (Lipinski definition) is 3. The molecule has 0 amide bonds. The normalized spacial score (nSPS) is 20.0. The van der Waals surface area contributed by atoms with Gasteiger partial charge in [0.25, 0.3) is 0 Å². The molecule has 1 aromatic heterocycles. The molecule has 1 aromatic rings. The molecule has 1 fully saturated rings. The third-order valence-electron chi connectivity index (χ3n) is 2.04. The van der Waals surface area contributed by atoms with Gasteiger partial charge in [0.05, 0.1) is 0 Å². The molecule has 1 saturated carbocycles. The van der Waals surface area contributed by atoms with E-state index >= 15 is 0 Å². The summed E-state index contributed by atoms with van der Waals surface area (Å²) in [6, 6.07) is 0. The van der Waals surface area contributed by atoms with Gasteiger partial charge in [-0.15, -0.1) is 0 Å². The molecule has 0 unspecified atom stereocenters. The highest BCUT2D eigenvalue weighted by Gasteiger charge is 2.21. The van der Waals surface area contributed by atoms with Crippen molar-refractivity contribution in [3.8, 4) is 0 Å². The molecule has 3 nitrogen and oxygen atoms in total. The third-order valence-corrected chi connectivity index (χ3v) is 2.04. The highest BCUT2D eigenvalue weighted by atomic mass is 16.5. The lowest BCUT2D eigenvalue weighted by atomic mass is 10.1. The van der Waals surface area contributed by atoms with Crippen LogP contribution in [-0.4, -0.2) is 10.1 Å². The van der Waals surface area contributed by atoms with Gasteiger partial charge in [-0.3, -0.25) is 0 Å². The first-order valence-corrected chi connectivity index (χ1v) is 3.66. The van der Waals surface area contributed by atoms with Crippen LogP contribution in [0.3, 0.4) is 0 Å². The van der Waals surface area contributed by atoms with Gasteiger partial charge in [0.2, 0.25) is 12.2 Å². The van der Waals surface area contributed by atoms with E-state index < -0.39 is 0 Å². The smallest absolute Gasteiger partial charge is 0.243 e. The van der Waals surface area contributed by atoms with Crippen LogP contribution in [0.5, 0.6) is 0 Å². The molecule has 1 radical (unpaired) electrons. The summed E-state index contributed by atoms with van der Waals surface area (Å²) < 4.78 is 4.90. The Bertz CT molecular complexity index is 189. The van der Waals surface area contributed by atoms with E-state index in [0.29, 0.717) is 5.92 Å². The van der Waals surface area contributed by atoms with Gasteiger partial charge in [-0.1, -0.05) is 18.0 Å². The second-order valence-electron chi connectivity index (χ2n) is 2.71. The van der Waals surface area contributed by atoms with Crippen LogP contribution in [0.15, 0.2) is 4.52 Å². The lowest BCUT2D eigenvalue weighted by molar-refractivity contribution is 0.353. The first-order chi connectivity index (χ1) is 4.97. The molecule has 1 heterocycles. The quantitative estimate of drug-likeness (QED) is 0.589. The molecule has 3 heteroatoms. The SMILES string of the molecule is [c]1noc(C2CCCC2)n1. The van der Waals surface area contributed by atoms with Gasteiger partial charge in [-0.25, -0.2) is 0 Å². The minimum absolute atomic E-state index is 0.527. The first-order valence-electron chi connectivity index (χ1n) is 3.66. The minimum atomic E-state index is 0.527. The van der Waals surface area contributed by atoms with Crippen molar-refractivity contribution in [3.05, 3.63) is 12.2 Å². The summed E-state index contributed by atoms with van der Waals surface area (Å²) in [6.45, 7) is 0. The van der Waals surface area contributed by atoms with E-state index in [-0.39, 0.29) is 0 Å². The Morgan fingerprint density at radius 1 is 1.40 bits per heavy atom. The zero-order valence-electron chi connectivity index (χ0n) is 5.71. The molecule has 53 valence electrons. The molecule has 0 atom stereocenters. The number of hydrogen-bond donors (Lipinski definition) is 0. The Morgan fingerprint density at radius 3 is 2.80 bits per heavy atom. The Morgan fingerprint density at radius 2 is 2.20 bits per heavy atom. The van der Waals surface area contributed by atoms with Crippen molar-refractivity contribution < 1.29 is 4.52 Å². The van der Waals surface area contributed by atoms with Crippen LogP contribution < -0.4 is 0 Å². The molecule has 0 bridgehead atoms. The lowest BCUT2D eigenvalue weighted by Gasteiger charge is -1.98. The van der Waals surface area contributed by atoms with Crippen LogP contribution in [-0.2, 0) is 0 Å². The van der Waals surface area contributed by atoms with Gasteiger partial charge in [-0.05, 0) is 12.8 Å². The fraction of sp³-hybridized carbons (Fsp3) is 0.714. The molecule has 0 saturated heterocycles. The summed E-state index contributed by atoms with van der Waals surface area (Å²) in [5, 5.41) is 3.46. The Hall–Kier alpha value is -0.860. The van der Waals surface area contributed by atoms with E-state index in [9.17, 15) is 0 Å². The molecule has 2 rings (SSSR count). The summed E-state index contributed by atoms with van der Waals surface area (Å²) in [5.41, 5.74) is 0. The second kappa shape index (κ2) is 2.40. The predicted octanol–water partition coefficient (Wildman–Crippen LogP) is 1.53. The maximum atomic E-state index is 4.90. The summed E-state index contributed by atoms with van der Waals surface area (Å²) >= 11 is 0. The average Bonchev–Trinajstić information content (AvgIpc) is 2.59. The molecule has 0 aromatic carbocycles. The van der Waals surface area contributed by atoms with E-state index in [0.717, 1.165) is 5.89 Å². The van der Waals surface area contributed by atoms with E-state index in [1.165, 1.54) is 25.7 Å². The van der Waals surface area contributed by atoms with Crippen LogP contribution >= 0.6 is 0 Å². The molecule has 0 spiro atoms. The van der Waals surface area contributed by atoms with Gasteiger partial charge in [0, 0.05) is 5.92 Å². The fourth-order valence-corrected chi connectivity index (χ4v) is 1.50.